The van der Waals surface area contributed by atoms with Crippen molar-refractivity contribution in [1.29, 1.82) is 0 Å². The number of benzene rings is 1. The lowest BCUT2D eigenvalue weighted by Crippen LogP contribution is -2.42. The minimum atomic E-state index is -3.73. The molecule has 0 aliphatic carbocycles. The average molecular weight is 368 g/mol. The van der Waals surface area contributed by atoms with E-state index in [1.54, 1.807) is 12.1 Å². The molecule has 1 unspecified atom stereocenters. The van der Waals surface area contributed by atoms with Crippen LogP contribution in [0.4, 0.5) is 0 Å². The van der Waals surface area contributed by atoms with Gasteiger partial charge in [-0.2, -0.15) is 4.31 Å². The van der Waals surface area contributed by atoms with Gasteiger partial charge >= 0.3 is 0 Å². The summed E-state index contributed by atoms with van der Waals surface area (Å²) in [6.45, 7) is 8.04. The number of carbonyl (C=O) groups excluding carboxylic acids is 1. The molecular formula is C18H28N2O4S. The molecule has 1 amide bonds. The lowest BCUT2D eigenvalue weighted by Gasteiger charge is -2.32. The molecule has 1 N–H and O–H groups in total. The van der Waals surface area contributed by atoms with Gasteiger partial charge < -0.3 is 10.1 Å². The largest absolute Gasteiger partial charge is 0.495 e. The van der Waals surface area contributed by atoms with Gasteiger partial charge in [-0.05, 0) is 58.7 Å². The zero-order valence-corrected chi connectivity index (χ0v) is 16.4. The first-order valence-electron chi connectivity index (χ1n) is 8.58. The van der Waals surface area contributed by atoms with E-state index in [1.807, 2.05) is 27.7 Å². The van der Waals surface area contributed by atoms with Gasteiger partial charge in [-0.25, -0.2) is 8.42 Å². The Kier molecular flexibility index (Phi) is 5.79. The molecular weight excluding hydrogens is 340 g/mol. The minimum Gasteiger partial charge on any atom is -0.495 e. The number of nitrogens with zero attached hydrogens (tertiary/aromatic N) is 1. The number of sulfonamides is 1. The van der Waals surface area contributed by atoms with Crippen molar-refractivity contribution in [3.05, 3.63) is 23.8 Å². The highest BCUT2D eigenvalue weighted by molar-refractivity contribution is 7.89. The maximum atomic E-state index is 13.2. The molecule has 0 saturated carbocycles. The van der Waals surface area contributed by atoms with Crippen LogP contribution >= 0.6 is 0 Å². The molecule has 0 aromatic heterocycles. The van der Waals surface area contributed by atoms with Crippen LogP contribution in [0.2, 0.25) is 0 Å². The number of hydrogen-bond donors (Lipinski definition) is 1. The third-order valence-corrected chi connectivity index (χ3v) is 6.28. The highest BCUT2D eigenvalue weighted by Gasteiger charge is 2.33. The van der Waals surface area contributed by atoms with Gasteiger partial charge in [0.05, 0.1) is 7.11 Å². The Morgan fingerprint density at radius 2 is 1.96 bits per heavy atom. The van der Waals surface area contributed by atoms with E-state index in [-0.39, 0.29) is 22.6 Å². The van der Waals surface area contributed by atoms with E-state index in [9.17, 15) is 13.2 Å². The van der Waals surface area contributed by atoms with Crippen molar-refractivity contribution in [1.82, 2.24) is 9.62 Å². The molecule has 1 aromatic carbocycles. The molecule has 1 saturated heterocycles. The standard InChI is InChI=1S/C18H28N2O4S/c1-13-8-6-7-11-20(13)25(22,23)16-12-14(9-10-15(16)24-5)17(21)19-18(2,3)4/h9-10,12-13H,6-8,11H2,1-5H3,(H,19,21). The number of amides is 1. The SMILES string of the molecule is COc1ccc(C(=O)NC(C)(C)C)cc1S(=O)(=O)N1CCCCC1C. The van der Waals surface area contributed by atoms with E-state index in [4.69, 9.17) is 4.74 Å². The van der Waals surface area contributed by atoms with Gasteiger partial charge in [0.1, 0.15) is 10.6 Å². The van der Waals surface area contributed by atoms with E-state index < -0.39 is 15.6 Å². The van der Waals surface area contributed by atoms with E-state index in [2.05, 4.69) is 5.32 Å². The fourth-order valence-electron chi connectivity index (χ4n) is 2.99. The van der Waals surface area contributed by atoms with Crippen molar-refractivity contribution in [2.45, 2.75) is 63.4 Å². The highest BCUT2D eigenvalue weighted by Crippen LogP contribution is 2.31. The predicted octanol–water partition coefficient (Wildman–Crippen LogP) is 2.79. The summed E-state index contributed by atoms with van der Waals surface area (Å²) in [4.78, 5) is 12.5. The Morgan fingerprint density at radius 1 is 1.28 bits per heavy atom. The van der Waals surface area contributed by atoms with Crippen LogP contribution in [0.25, 0.3) is 0 Å². The summed E-state index contributed by atoms with van der Waals surface area (Å²) in [6.07, 6.45) is 2.71. The maximum Gasteiger partial charge on any atom is 0.251 e. The summed E-state index contributed by atoms with van der Waals surface area (Å²) >= 11 is 0. The van der Waals surface area contributed by atoms with Crippen molar-refractivity contribution in [3.63, 3.8) is 0 Å². The zero-order chi connectivity index (χ0) is 18.8. The number of piperidine rings is 1. The van der Waals surface area contributed by atoms with Gasteiger partial charge in [0.15, 0.2) is 0 Å². The average Bonchev–Trinajstić information content (AvgIpc) is 2.52. The van der Waals surface area contributed by atoms with Crippen LogP contribution in [0.15, 0.2) is 23.1 Å². The minimum absolute atomic E-state index is 0.0466. The topological polar surface area (TPSA) is 75.7 Å². The fraction of sp³-hybridized carbons (Fsp3) is 0.611. The van der Waals surface area contributed by atoms with Gasteiger partial charge in [0.2, 0.25) is 10.0 Å². The summed E-state index contributed by atoms with van der Waals surface area (Å²) in [5, 5.41) is 2.85. The molecule has 1 aromatic rings. The number of nitrogens with one attached hydrogen (secondary N) is 1. The molecule has 1 aliphatic rings. The Balaban J connectivity index is 2.44. The van der Waals surface area contributed by atoms with E-state index in [0.717, 1.165) is 19.3 Å². The summed E-state index contributed by atoms with van der Waals surface area (Å²) in [7, 11) is -2.29. The molecule has 7 heteroatoms. The number of methoxy groups -OCH3 is 1. The first-order chi connectivity index (χ1) is 11.6. The first kappa shape index (κ1) is 19.7. The van der Waals surface area contributed by atoms with Crippen LogP contribution in [-0.2, 0) is 10.0 Å². The van der Waals surface area contributed by atoms with Gasteiger partial charge in [0, 0.05) is 23.7 Å². The van der Waals surface area contributed by atoms with E-state index >= 15 is 0 Å². The third-order valence-electron chi connectivity index (χ3n) is 4.24. The number of ether oxygens (including phenoxy) is 1. The van der Waals surface area contributed by atoms with Crippen LogP contribution in [0.1, 0.15) is 57.3 Å². The number of rotatable bonds is 4. The second-order valence-electron chi connectivity index (χ2n) is 7.53. The third kappa shape index (κ3) is 4.52. The zero-order valence-electron chi connectivity index (χ0n) is 15.6. The number of hydrogen-bond acceptors (Lipinski definition) is 4. The highest BCUT2D eigenvalue weighted by atomic mass is 32.2. The van der Waals surface area contributed by atoms with Crippen LogP contribution in [0, 0.1) is 0 Å². The smallest absolute Gasteiger partial charge is 0.251 e. The fourth-order valence-corrected chi connectivity index (χ4v) is 4.87. The van der Waals surface area contributed by atoms with Crippen LogP contribution in [-0.4, -0.2) is 43.9 Å². The molecule has 1 atom stereocenters. The van der Waals surface area contributed by atoms with Gasteiger partial charge in [-0.1, -0.05) is 6.42 Å². The molecule has 1 heterocycles. The van der Waals surface area contributed by atoms with Crippen molar-refractivity contribution < 1.29 is 17.9 Å². The van der Waals surface area contributed by atoms with Gasteiger partial charge in [-0.3, -0.25) is 4.79 Å². The summed E-state index contributed by atoms with van der Waals surface area (Å²) in [5.41, 5.74) is -0.101. The first-order valence-corrected chi connectivity index (χ1v) is 10.0. The van der Waals surface area contributed by atoms with Crippen LogP contribution in [0.3, 0.4) is 0 Å². The number of carbonyl (C=O) groups is 1. The predicted molar refractivity (Wildman–Crippen MR) is 97.4 cm³/mol. The molecule has 25 heavy (non-hydrogen) atoms. The quantitative estimate of drug-likeness (QED) is 0.887. The normalized spacial score (nSPS) is 19.5. The second kappa shape index (κ2) is 7.33. The van der Waals surface area contributed by atoms with Crippen molar-refractivity contribution in [3.8, 4) is 5.75 Å². The van der Waals surface area contributed by atoms with Gasteiger partial charge in [-0.15, -0.1) is 0 Å². The summed E-state index contributed by atoms with van der Waals surface area (Å²) in [5.74, 6) is -0.0524. The Morgan fingerprint density at radius 3 is 2.52 bits per heavy atom. The van der Waals surface area contributed by atoms with Gasteiger partial charge in [0.25, 0.3) is 5.91 Å². The lowest BCUT2D eigenvalue weighted by molar-refractivity contribution is 0.0919. The molecule has 2 rings (SSSR count). The van der Waals surface area contributed by atoms with Crippen LogP contribution < -0.4 is 10.1 Å². The molecule has 0 radical (unpaired) electrons. The molecule has 1 fully saturated rings. The lowest BCUT2D eigenvalue weighted by atomic mass is 10.1. The molecule has 6 nitrogen and oxygen atoms in total. The summed E-state index contributed by atoms with van der Waals surface area (Å²) < 4.78 is 33.1. The van der Waals surface area contributed by atoms with Crippen molar-refractivity contribution in [2.75, 3.05) is 13.7 Å². The van der Waals surface area contributed by atoms with Crippen molar-refractivity contribution >= 4 is 15.9 Å². The molecule has 1 aliphatic heterocycles. The maximum absolute atomic E-state index is 13.2. The van der Waals surface area contributed by atoms with Crippen LogP contribution in [0.5, 0.6) is 5.75 Å². The van der Waals surface area contributed by atoms with E-state index in [0.29, 0.717) is 12.1 Å². The van der Waals surface area contributed by atoms with E-state index in [1.165, 1.54) is 17.5 Å². The summed E-state index contributed by atoms with van der Waals surface area (Å²) in [6, 6.07) is 4.48. The van der Waals surface area contributed by atoms with Crippen molar-refractivity contribution in [2.24, 2.45) is 0 Å². The second-order valence-corrected chi connectivity index (χ2v) is 9.39. The molecule has 0 bridgehead atoms. The monoisotopic (exact) mass is 368 g/mol. The molecule has 140 valence electrons. The Hall–Kier alpha value is -1.60. The Bertz CT molecular complexity index is 738. The Labute approximate surface area is 150 Å². The molecule has 0 spiro atoms.